The first-order chi connectivity index (χ1) is 14.3. The van der Waals surface area contributed by atoms with Crippen molar-refractivity contribution >= 4 is 5.91 Å². The van der Waals surface area contributed by atoms with Gasteiger partial charge >= 0.3 is 0 Å². The van der Waals surface area contributed by atoms with E-state index in [2.05, 4.69) is 55.6 Å². The summed E-state index contributed by atoms with van der Waals surface area (Å²) in [6, 6.07) is 8.30. The fourth-order valence-electron chi connectivity index (χ4n) is 4.46. The monoisotopic (exact) mass is 419 g/mol. The third-order valence-corrected chi connectivity index (χ3v) is 6.34. The number of nitrogens with one attached hydrogen (secondary N) is 2. The van der Waals surface area contributed by atoms with Crippen LogP contribution in [0.3, 0.4) is 0 Å². The predicted molar refractivity (Wildman–Crippen MR) is 122 cm³/mol. The van der Waals surface area contributed by atoms with Crippen molar-refractivity contribution in [3.63, 3.8) is 0 Å². The lowest BCUT2D eigenvalue weighted by Gasteiger charge is -2.47. The molecule has 6 nitrogen and oxygen atoms in total. The van der Waals surface area contributed by atoms with E-state index in [0.717, 1.165) is 57.6 Å². The van der Waals surface area contributed by atoms with Gasteiger partial charge in [0.2, 0.25) is 5.91 Å². The van der Waals surface area contributed by atoms with Gasteiger partial charge in [-0.15, -0.1) is 0 Å². The van der Waals surface area contributed by atoms with E-state index in [9.17, 15) is 4.79 Å². The molecule has 0 radical (unpaired) electrons. The number of amides is 1. The van der Waals surface area contributed by atoms with E-state index in [1.807, 2.05) is 12.1 Å². The number of benzene rings is 1. The average molecular weight is 420 g/mol. The lowest BCUT2D eigenvalue weighted by Crippen LogP contribution is -2.47. The van der Waals surface area contributed by atoms with Gasteiger partial charge in [0.15, 0.2) is 0 Å². The normalized spacial score (nSPS) is 24.1. The molecular formula is C24H41N3O3. The van der Waals surface area contributed by atoms with Gasteiger partial charge in [-0.05, 0) is 72.3 Å². The van der Waals surface area contributed by atoms with Crippen LogP contribution in [0.15, 0.2) is 24.3 Å². The van der Waals surface area contributed by atoms with Crippen LogP contribution in [0.1, 0.15) is 51.5 Å². The molecule has 6 heteroatoms. The molecule has 30 heavy (non-hydrogen) atoms. The second kappa shape index (κ2) is 11.7. The Hall–Kier alpha value is -1.63. The standard InChI is InChI=1S/C24H41N3O3/c1-6-23(2)19-24(13-17-30-23,20-10-7-8-11-21(20)29-5)12-15-26-22(28)18-25-14-9-16-27(3)4/h7-8,10-11,25H,6,9,12-19H2,1-5H3,(H,26,28). The Morgan fingerprint density at radius 1 is 1.27 bits per heavy atom. The molecule has 2 N–H and O–H groups in total. The highest BCUT2D eigenvalue weighted by molar-refractivity contribution is 5.77. The molecule has 0 spiro atoms. The van der Waals surface area contributed by atoms with Gasteiger partial charge in [-0.3, -0.25) is 4.79 Å². The van der Waals surface area contributed by atoms with Crippen LogP contribution in [0.5, 0.6) is 5.75 Å². The quantitative estimate of drug-likeness (QED) is 0.510. The molecule has 2 rings (SSSR count). The summed E-state index contributed by atoms with van der Waals surface area (Å²) in [6.45, 7) is 8.00. The molecule has 170 valence electrons. The Bertz CT molecular complexity index is 667. The van der Waals surface area contributed by atoms with Gasteiger partial charge in [0.25, 0.3) is 0 Å². The minimum atomic E-state index is -0.156. The number of rotatable bonds is 12. The summed E-state index contributed by atoms with van der Waals surface area (Å²) >= 11 is 0. The Morgan fingerprint density at radius 2 is 2.03 bits per heavy atom. The predicted octanol–water partition coefficient (Wildman–Crippen LogP) is 2.96. The largest absolute Gasteiger partial charge is 0.496 e. The van der Waals surface area contributed by atoms with Gasteiger partial charge in [0, 0.05) is 24.1 Å². The molecule has 0 aromatic heterocycles. The Morgan fingerprint density at radius 3 is 2.73 bits per heavy atom. The molecule has 1 amide bonds. The summed E-state index contributed by atoms with van der Waals surface area (Å²) in [5, 5.41) is 6.35. The summed E-state index contributed by atoms with van der Waals surface area (Å²) in [5.41, 5.74) is 1.01. The summed E-state index contributed by atoms with van der Waals surface area (Å²) in [7, 11) is 5.85. The lowest BCUT2D eigenvalue weighted by atomic mass is 9.66. The Labute approximate surface area is 182 Å². The molecule has 0 saturated carbocycles. The zero-order valence-corrected chi connectivity index (χ0v) is 19.6. The zero-order valence-electron chi connectivity index (χ0n) is 19.6. The van der Waals surface area contributed by atoms with E-state index < -0.39 is 0 Å². The summed E-state index contributed by atoms with van der Waals surface area (Å²) < 4.78 is 11.8. The minimum absolute atomic E-state index is 0.0559. The van der Waals surface area contributed by atoms with E-state index >= 15 is 0 Å². The number of methoxy groups -OCH3 is 1. The van der Waals surface area contributed by atoms with E-state index in [1.54, 1.807) is 7.11 Å². The topological polar surface area (TPSA) is 62.8 Å². The molecule has 0 bridgehead atoms. The van der Waals surface area contributed by atoms with Crippen molar-refractivity contribution < 1.29 is 14.3 Å². The van der Waals surface area contributed by atoms with Gasteiger partial charge in [-0.25, -0.2) is 0 Å². The van der Waals surface area contributed by atoms with Crippen LogP contribution in [0, 0.1) is 0 Å². The molecule has 2 atom stereocenters. The first-order valence-electron chi connectivity index (χ1n) is 11.2. The molecule has 1 fully saturated rings. The first-order valence-corrected chi connectivity index (χ1v) is 11.2. The van der Waals surface area contributed by atoms with Crippen LogP contribution in [-0.4, -0.2) is 70.4 Å². The molecule has 1 aromatic carbocycles. The van der Waals surface area contributed by atoms with E-state index in [-0.39, 0.29) is 16.9 Å². The lowest BCUT2D eigenvalue weighted by molar-refractivity contribution is -0.120. The smallest absolute Gasteiger partial charge is 0.233 e. The van der Waals surface area contributed by atoms with Gasteiger partial charge in [0.1, 0.15) is 5.75 Å². The van der Waals surface area contributed by atoms with Gasteiger partial charge in [-0.2, -0.15) is 0 Å². The third kappa shape index (κ3) is 6.96. The van der Waals surface area contributed by atoms with Crippen molar-refractivity contribution in [2.75, 3.05) is 54.0 Å². The van der Waals surface area contributed by atoms with Crippen LogP contribution in [-0.2, 0) is 14.9 Å². The van der Waals surface area contributed by atoms with Crippen molar-refractivity contribution in [2.45, 2.75) is 57.0 Å². The molecule has 1 aliphatic heterocycles. The van der Waals surface area contributed by atoms with Crippen LogP contribution < -0.4 is 15.4 Å². The summed E-state index contributed by atoms with van der Waals surface area (Å²) in [4.78, 5) is 14.4. The van der Waals surface area contributed by atoms with E-state index in [4.69, 9.17) is 9.47 Å². The fraction of sp³-hybridized carbons (Fsp3) is 0.708. The molecule has 1 saturated heterocycles. The Kier molecular flexibility index (Phi) is 9.59. The van der Waals surface area contributed by atoms with Gasteiger partial charge < -0.3 is 25.0 Å². The highest BCUT2D eigenvalue weighted by Gasteiger charge is 2.44. The number of hydrogen-bond acceptors (Lipinski definition) is 5. The summed E-state index contributed by atoms with van der Waals surface area (Å²) in [5.74, 6) is 0.979. The van der Waals surface area contributed by atoms with Gasteiger partial charge in [0.05, 0.1) is 19.3 Å². The van der Waals surface area contributed by atoms with Crippen molar-refractivity contribution in [3.05, 3.63) is 29.8 Å². The number of para-hydroxylation sites is 1. The summed E-state index contributed by atoms with van der Waals surface area (Å²) in [6.07, 6.45) is 4.73. The van der Waals surface area contributed by atoms with Crippen molar-refractivity contribution in [2.24, 2.45) is 0 Å². The second-order valence-corrected chi connectivity index (χ2v) is 8.99. The highest BCUT2D eigenvalue weighted by atomic mass is 16.5. The van der Waals surface area contributed by atoms with Crippen molar-refractivity contribution in [1.82, 2.24) is 15.5 Å². The van der Waals surface area contributed by atoms with Crippen molar-refractivity contribution in [1.29, 1.82) is 0 Å². The fourth-order valence-corrected chi connectivity index (χ4v) is 4.46. The number of ether oxygens (including phenoxy) is 2. The molecule has 1 heterocycles. The maximum Gasteiger partial charge on any atom is 0.233 e. The van der Waals surface area contributed by atoms with E-state index in [1.165, 1.54) is 5.56 Å². The molecular weight excluding hydrogens is 378 g/mol. The zero-order chi connectivity index (χ0) is 22.0. The maximum atomic E-state index is 12.3. The number of carbonyl (C=O) groups excluding carboxylic acids is 1. The SMILES string of the molecule is CCC1(C)CC(CCNC(=O)CNCCCN(C)C)(c2ccccc2OC)CCO1. The number of nitrogens with zero attached hydrogens (tertiary/aromatic N) is 1. The van der Waals surface area contributed by atoms with Crippen LogP contribution in [0.25, 0.3) is 0 Å². The molecule has 0 aliphatic carbocycles. The maximum absolute atomic E-state index is 12.3. The third-order valence-electron chi connectivity index (χ3n) is 6.34. The minimum Gasteiger partial charge on any atom is -0.496 e. The van der Waals surface area contributed by atoms with Crippen LogP contribution in [0.2, 0.25) is 0 Å². The molecule has 1 aliphatic rings. The second-order valence-electron chi connectivity index (χ2n) is 8.99. The van der Waals surface area contributed by atoms with Gasteiger partial charge in [-0.1, -0.05) is 25.1 Å². The highest BCUT2D eigenvalue weighted by Crippen LogP contribution is 2.47. The molecule has 1 aromatic rings. The van der Waals surface area contributed by atoms with Crippen molar-refractivity contribution in [3.8, 4) is 5.75 Å². The molecule has 2 unspecified atom stereocenters. The number of carbonyl (C=O) groups is 1. The number of hydrogen-bond donors (Lipinski definition) is 2. The van der Waals surface area contributed by atoms with E-state index in [0.29, 0.717) is 13.1 Å². The van der Waals surface area contributed by atoms with Crippen LogP contribution >= 0.6 is 0 Å². The average Bonchev–Trinajstić information content (AvgIpc) is 2.73. The first kappa shape index (κ1) is 24.6. The Balaban J connectivity index is 1.99. The van der Waals surface area contributed by atoms with Crippen LogP contribution in [0.4, 0.5) is 0 Å².